The topological polar surface area (TPSA) is 20.2 Å². The maximum atomic E-state index is 9.33. The Morgan fingerprint density at radius 2 is 1.35 bits per heavy atom. The van der Waals surface area contributed by atoms with Gasteiger partial charge in [0.25, 0.3) is 0 Å². The Morgan fingerprint density at radius 1 is 0.824 bits per heavy atom. The Kier molecular flexibility index (Phi) is 3.30. The molecule has 0 radical (unpaired) electrons. The molecule has 1 nitrogen and oxygen atoms in total. The molecular weight excluding hydrogens is 208 g/mol. The first kappa shape index (κ1) is 11.9. The molecule has 0 aliphatic heterocycles. The Morgan fingerprint density at radius 3 is 1.88 bits per heavy atom. The third-order valence-corrected chi connectivity index (χ3v) is 3.17. The highest BCUT2D eigenvalue weighted by Crippen LogP contribution is 2.26. The summed E-state index contributed by atoms with van der Waals surface area (Å²) in [6.07, 6.45) is 0. The summed E-state index contributed by atoms with van der Waals surface area (Å²) in [7, 11) is 0. The molecule has 0 aromatic heterocycles. The Hall–Kier alpha value is -1.60. The molecular formula is C16H18O. The third-order valence-electron chi connectivity index (χ3n) is 3.17. The van der Waals surface area contributed by atoms with Crippen LogP contribution < -0.4 is 0 Å². The fraction of sp³-hybridized carbons (Fsp3) is 0.250. The van der Waals surface area contributed by atoms with E-state index in [1.165, 1.54) is 16.7 Å². The summed E-state index contributed by atoms with van der Waals surface area (Å²) in [5, 5.41) is 9.33. The number of hydrogen-bond acceptors (Lipinski definition) is 1. The summed E-state index contributed by atoms with van der Waals surface area (Å²) < 4.78 is 0. The molecule has 1 N–H and O–H groups in total. The van der Waals surface area contributed by atoms with E-state index in [9.17, 15) is 5.11 Å². The Labute approximate surface area is 103 Å². The van der Waals surface area contributed by atoms with E-state index in [-0.39, 0.29) is 12.0 Å². The fourth-order valence-electron chi connectivity index (χ4n) is 1.84. The molecule has 0 fully saturated rings. The summed E-state index contributed by atoms with van der Waals surface area (Å²) in [6.45, 7) is 4.26. The number of hydrogen-bond donors (Lipinski definition) is 1. The van der Waals surface area contributed by atoms with Crippen LogP contribution in [0.1, 0.15) is 19.4 Å². The van der Waals surface area contributed by atoms with Crippen molar-refractivity contribution in [3.05, 3.63) is 60.2 Å². The van der Waals surface area contributed by atoms with Crippen molar-refractivity contribution in [1.29, 1.82) is 0 Å². The molecule has 0 spiro atoms. The fourth-order valence-corrected chi connectivity index (χ4v) is 1.84. The van der Waals surface area contributed by atoms with Crippen LogP contribution in [-0.4, -0.2) is 11.7 Å². The molecule has 17 heavy (non-hydrogen) atoms. The van der Waals surface area contributed by atoms with Gasteiger partial charge in [-0.1, -0.05) is 68.4 Å². The minimum absolute atomic E-state index is 0.164. The molecule has 0 amide bonds. The highest BCUT2D eigenvalue weighted by atomic mass is 16.3. The molecule has 88 valence electrons. The quantitative estimate of drug-likeness (QED) is 0.847. The molecule has 2 aromatic carbocycles. The largest absolute Gasteiger partial charge is 0.395 e. The number of aliphatic hydroxyl groups excluding tert-OH is 1. The van der Waals surface area contributed by atoms with Gasteiger partial charge in [0.1, 0.15) is 0 Å². The standard InChI is InChI=1S/C16H18O/c1-16(2,12-17)15-10-8-14(9-11-15)13-6-4-3-5-7-13/h3-11,17H,12H2,1-2H3. The second-order valence-electron chi connectivity index (χ2n) is 4.99. The summed E-state index contributed by atoms with van der Waals surface area (Å²) in [6, 6.07) is 18.7. The lowest BCUT2D eigenvalue weighted by Crippen LogP contribution is -2.21. The molecule has 0 saturated carbocycles. The lowest BCUT2D eigenvalue weighted by atomic mass is 9.85. The van der Waals surface area contributed by atoms with Crippen LogP contribution in [0.5, 0.6) is 0 Å². The van der Waals surface area contributed by atoms with Crippen molar-refractivity contribution in [2.45, 2.75) is 19.3 Å². The zero-order valence-electron chi connectivity index (χ0n) is 10.4. The minimum atomic E-state index is -0.171. The van der Waals surface area contributed by atoms with Crippen LogP contribution in [-0.2, 0) is 5.41 Å². The average molecular weight is 226 g/mol. The van der Waals surface area contributed by atoms with Crippen molar-refractivity contribution < 1.29 is 5.11 Å². The van der Waals surface area contributed by atoms with Crippen LogP contribution in [0, 0.1) is 0 Å². The van der Waals surface area contributed by atoms with Gasteiger partial charge in [-0.15, -0.1) is 0 Å². The summed E-state index contributed by atoms with van der Waals surface area (Å²) in [5.41, 5.74) is 3.43. The van der Waals surface area contributed by atoms with Crippen LogP contribution in [0.15, 0.2) is 54.6 Å². The average Bonchev–Trinajstić information content (AvgIpc) is 2.40. The predicted octanol–water partition coefficient (Wildman–Crippen LogP) is 3.62. The summed E-state index contributed by atoms with van der Waals surface area (Å²) in [5.74, 6) is 0. The van der Waals surface area contributed by atoms with Crippen LogP contribution in [0.4, 0.5) is 0 Å². The maximum Gasteiger partial charge on any atom is 0.0522 e. The highest BCUT2D eigenvalue weighted by molar-refractivity contribution is 5.63. The Bertz CT molecular complexity index is 469. The molecule has 0 unspecified atom stereocenters. The van der Waals surface area contributed by atoms with Gasteiger partial charge >= 0.3 is 0 Å². The normalized spacial score (nSPS) is 11.5. The molecule has 1 heteroatoms. The van der Waals surface area contributed by atoms with Gasteiger partial charge in [-0.2, -0.15) is 0 Å². The molecule has 0 aliphatic rings. The van der Waals surface area contributed by atoms with Crippen molar-refractivity contribution in [1.82, 2.24) is 0 Å². The smallest absolute Gasteiger partial charge is 0.0522 e. The van der Waals surface area contributed by atoms with Gasteiger partial charge in [-0.3, -0.25) is 0 Å². The van der Waals surface area contributed by atoms with Crippen LogP contribution in [0.25, 0.3) is 11.1 Å². The lowest BCUT2D eigenvalue weighted by molar-refractivity contribution is 0.218. The zero-order valence-corrected chi connectivity index (χ0v) is 10.4. The van der Waals surface area contributed by atoms with E-state index in [0.717, 1.165) is 0 Å². The predicted molar refractivity (Wildman–Crippen MR) is 72.0 cm³/mol. The molecule has 2 aromatic rings. The first-order valence-corrected chi connectivity index (χ1v) is 5.90. The van der Waals surface area contributed by atoms with Crippen LogP contribution in [0.2, 0.25) is 0 Å². The number of benzene rings is 2. The van der Waals surface area contributed by atoms with Gasteiger partial charge in [-0.25, -0.2) is 0 Å². The molecule has 2 rings (SSSR count). The number of rotatable bonds is 3. The van der Waals surface area contributed by atoms with Crippen molar-refractivity contribution >= 4 is 0 Å². The van der Waals surface area contributed by atoms with Crippen molar-refractivity contribution in [2.24, 2.45) is 0 Å². The van der Waals surface area contributed by atoms with Gasteiger partial charge in [0.2, 0.25) is 0 Å². The van der Waals surface area contributed by atoms with Gasteiger partial charge in [-0.05, 0) is 16.7 Å². The minimum Gasteiger partial charge on any atom is -0.395 e. The molecule has 0 saturated heterocycles. The highest BCUT2D eigenvalue weighted by Gasteiger charge is 2.18. The maximum absolute atomic E-state index is 9.33. The molecule has 0 heterocycles. The van der Waals surface area contributed by atoms with E-state index < -0.39 is 0 Å². The lowest BCUT2D eigenvalue weighted by Gasteiger charge is -2.22. The molecule has 0 aliphatic carbocycles. The SMILES string of the molecule is CC(C)(CO)c1ccc(-c2ccccc2)cc1. The number of aliphatic hydroxyl groups is 1. The van der Waals surface area contributed by atoms with E-state index >= 15 is 0 Å². The molecule has 0 atom stereocenters. The first-order valence-electron chi connectivity index (χ1n) is 5.90. The van der Waals surface area contributed by atoms with Gasteiger partial charge in [0, 0.05) is 5.41 Å². The van der Waals surface area contributed by atoms with Crippen molar-refractivity contribution in [3.63, 3.8) is 0 Å². The van der Waals surface area contributed by atoms with E-state index in [1.807, 2.05) is 32.0 Å². The van der Waals surface area contributed by atoms with Crippen LogP contribution in [0.3, 0.4) is 0 Å². The monoisotopic (exact) mass is 226 g/mol. The van der Waals surface area contributed by atoms with Crippen molar-refractivity contribution in [2.75, 3.05) is 6.61 Å². The van der Waals surface area contributed by atoms with E-state index in [2.05, 4.69) is 36.4 Å². The van der Waals surface area contributed by atoms with E-state index in [0.29, 0.717) is 0 Å². The zero-order chi connectivity index (χ0) is 12.3. The summed E-state index contributed by atoms with van der Waals surface area (Å²) in [4.78, 5) is 0. The Balaban J connectivity index is 2.31. The van der Waals surface area contributed by atoms with Gasteiger partial charge in [0.15, 0.2) is 0 Å². The molecule has 0 bridgehead atoms. The van der Waals surface area contributed by atoms with E-state index in [1.54, 1.807) is 0 Å². The first-order chi connectivity index (χ1) is 8.13. The second-order valence-corrected chi connectivity index (χ2v) is 4.99. The van der Waals surface area contributed by atoms with Crippen LogP contribution >= 0.6 is 0 Å². The second kappa shape index (κ2) is 4.72. The van der Waals surface area contributed by atoms with E-state index in [4.69, 9.17) is 0 Å². The van der Waals surface area contributed by atoms with Gasteiger partial charge < -0.3 is 5.11 Å². The summed E-state index contributed by atoms with van der Waals surface area (Å²) >= 11 is 0. The van der Waals surface area contributed by atoms with Crippen molar-refractivity contribution in [3.8, 4) is 11.1 Å². The third kappa shape index (κ3) is 2.56. The van der Waals surface area contributed by atoms with Gasteiger partial charge in [0.05, 0.1) is 6.61 Å².